The molecule has 0 spiro atoms. The number of fused-ring (bicyclic) bond motifs is 1. The van der Waals surface area contributed by atoms with Gasteiger partial charge in [-0.3, -0.25) is 14.9 Å². The second-order valence-electron chi connectivity index (χ2n) is 9.27. The molecule has 2 N–H and O–H groups in total. The van der Waals surface area contributed by atoms with Crippen LogP contribution in [0.1, 0.15) is 35.2 Å². The molecule has 0 radical (unpaired) electrons. The number of allylic oxidation sites excluding steroid dienone is 1. The Bertz CT molecular complexity index is 1620. The molecule has 198 valence electrons. The highest BCUT2D eigenvalue weighted by Crippen LogP contribution is 2.37. The number of aromatic nitrogens is 3. The van der Waals surface area contributed by atoms with E-state index in [9.17, 15) is 14.9 Å². The molecule has 1 unspecified atom stereocenters. The van der Waals surface area contributed by atoms with E-state index in [1.807, 2.05) is 63.2 Å². The molecule has 0 bridgehead atoms. The Morgan fingerprint density at radius 1 is 1.13 bits per heavy atom. The lowest BCUT2D eigenvalue weighted by Crippen LogP contribution is -2.31. The highest BCUT2D eigenvalue weighted by molar-refractivity contribution is 7.98. The number of rotatable bonds is 7. The summed E-state index contributed by atoms with van der Waals surface area (Å²) >= 11 is 7.57. The molecule has 0 saturated heterocycles. The minimum Gasteiger partial charge on any atom is -0.328 e. The lowest BCUT2D eigenvalue weighted by atomic mass is 9.94. The number of halogens is 1. The summed E-state index contributed by atoms with van der Waals surface area (Å²) in [6, 6.07) is 18.9. The molecule has 2 heterocycles. The third-order valence-electron chi connectivity index (χ3n) is 6.38. The number of anilines is 2. The van der Waals surface area contributed by atoms with Gasteiger partial charge in [0.25, 0.3) is 11.6 Å². The molecule has 0 saturated carbocycles. The molecule has 1 aliphatic rings. The molecule has 1 amide bonds. The first-order valence-electron chi connectivity index (χ1n) is 12.1. The van der Waals surface area contributed by atoms with E-state index in [-0.39, 0.29) is 11.6 Å². The second-order valence-corrected chi connectivity index (χ2v) is 10.6. The quantitative estimate of drug-likeness (QED) is 0.147. The van der Waals surface area contributed by atoms with Crippen molar-refractivity contribution in [3.63, 3.8) is 0 Å². The Morgan fingerprint density at radius 2 is 1.90 bits per heavy atom. The van der Waals surface area contributed by atoms with Crippen LogP contribution in [0.15, 0.2) is 83.2 Å². The zero-order chi connectivity index (χ0) is 27.7. The monoisotopic (exact) mass is 560 g/mol. The Morgan fingerprint density at radius 3 is 2.59 bits per heavy atom. The number of carbonyl (C=O) groups is 1. The average molecular weight is 561 g/mol. The summed E-state index contributed by atoms with van der Waals surface area (Å²) in [7, 11) is 0. The van der Waals surface area contributed by atoms with Crippen LogP contribution < -0.4 is 10.6 Å². The zero-order valence-corrected chi connectivity index (χ0v) is 23.0. The topological polar surface area (TPSA) is 115 Å². The van der Waals surface area contributed by atoms with Gasteiger partial charge < -0.3 is 10.6 Å². The van der Waals surface area contributed by atoms with E-state index in [1.54, 1.807) is 16.8 Å². The van der Waals surface area contributed by atoms with E-state index < -0.39 is 11.0 Å². The summed E-state index contributed by atoms with van der Waals surface area (Å²) in [5.74, 6) is 0.788. The predicted molar refractivity (Wildman–Crippen MR) is 153 cm³/mol. The Balaban J connectivity index is 1.51. The molecule has 0 aliphatic carbocycles. The van der Waals surface area contributed by atoms with E-state index in [4.69, 9.17) is 16.7 Å². The number of amides is 1. The van der Waals surface area contributed by atoms with Crippen LogP contribution in [0.5, 0.6) is 0 Å². The van der Waals surface area contributed by atoms with E-state index in [0.29, 0.717) is 44.4 Å². The first-order valence-corrected chi connectivity index (χ1v) is 13.5. The first kappa shape index (κ1) is 26.5. The number of hydrogen-bond donors (Lipinski definition) is 2. The van der Waals surface area contributed by atoms with Crippen LogP contribution in [-0.2, 0) is 10.5 Å². The number of aryl methyl sites for hydroxylation is 2. The number of nitro groups is 1. The van der Waals surface area contributed by atoms with Crippen molar-refractivity contribution in [2.45, 2.75) is 37.7 Å². The van der Waals surface area contributed by atoms with Crippen molar-refractivity contribution in [2.75, 3.05) is 10.6 Å². The number of nitro benzene ring substituents is 1. The lowest BCUT2D eigenvalue weighted by Gasteiger charge is -2.28. The molecule has 4 aromatic rings. The van der Waals surface area contributed by atoms with Crippen LogP contribution in [0.3, 0.4) is 0 Å². The van der Waals surface area contributed by atoms with Gasteiger partial charge >= 0.3 is 0 Å². The van der Waals surface area contributed by atoms with Crippen LogP contribution >= 0.6 is 23.4 Å². The lowest BCUT2D eigenvalue weighted by molar-refractivity contribution is -0.384. The Labute approximate surface area is 234 Å². The van der Waals surface area contributed by atoms with Crippen molar-refractivity contribution in [1.82, 2.24) is 14.8 Å². The van der Waals surface area contributed by atoms with Gasteiger partial charge in [-0.05, 0) is 67.8 Å². The van der Waals surface area contributed by atoms with Gasteiger partial charge in [0.15, 0.2) is 0 Å². The highest BCUT2D eigenvalue weighted by Gasteiger charge is 2.34. The number of nitrogens with zero attached hydrogens (tertiary/aromatic N) is 4. The molecule has 1 atom stereocenters. The average Bonchev–Trinajstić information content (AvgIpc) is 3.30. The van der Waals surface area contributed by atoms with Crippen molar-refractivity contribution in [3.8, 4) is 0 Å². The van der Waals surface area contributed by atoms with E-state index in [1.165, 1.54) is 23.9 Å². The van der Waals surface area contributed by atoms with Crippen molar-refractivity contribution >= 4 is 46.6 Å². The van der Waals surface area contributed by atoms with Crippen LogP contribution in [0.4, 0.5) is 17.3 Å². The number of benzene rings is 3. The fourth-order valence-electron chi connectivity index (χ4n) is 4.49. The van der Waals surface area contributed by atoms with Gasteiger partial charge in [0.05, 0.1) is 10.5 Å². The summed E-state index contributed by atoms with van der Waals surface area (Å²) in [5.41, 5.74) is 5.46. The molecular weight excluding hydrogens is 536 g/mol. The van der Waals surface area contributed by atoms with Gasteiger partial charge in [0, 0.05) is 34.3 Å². The van der Waals surface area contributed by atoms with Gasteiger partial charge in [-0.25, -0.2) is 4.68 Å². The number of hydrogen-bond acceptors (Lipinski definition) is 7. The largest absolute Gasteiger partial charge is 0.328 e. The maximum atomic E-state index is 13.7. The van der Waals surface area contributed by atoms with Gasteiger partial charge in [-0.15, -0.1) is 5.10 Å². The first-order chi connectivity index (χ1) is 18.7. The van der Waals surface area contributed by atoms with Gasteiger partial charge in [-0.2, -0.15) is 4.98 Å². The number of thioether (sulfide) groups is 1. The molecule has 3 aromatic carbocycles. The van der Waals surface area contributed by atoms with Crippen molar-refractivity contribution < 1.29 is 9.72 Å². The maximum Gasteiger partial charge on any atom is 0.269 e. The second kappa shape index (κ2) is 10.9. The van der Waals surface area contributed by atoms with Crippen LogP contribution in [0.25, 0.3) is 0 Å². The molecule has 1 aromatic heterocycles. The summed E-state index contributed by atoms with van der Waals surface area (Å²) in [6.45, 7) is 5.75. The molecule has 39 heavy (non-hydrogen) atoms. The van der Waals surface area contributed by atoms with Crippen LogP contribution in [0.2, 0.25) is 5.02 Å². The molecule has 1 aliphatic heterocycles. The number of carbonyl (C=O) groups excluding carboxylic acids is 1. The smallest absolute Gasteiger partial charge is 0.269 e. The van der Waals surface area contributed by atoms with Crippen molar-refractivity contribution in [2.24, 2.45) is 0 Å². The summed E-state index contributed by atoms with van der Waals surface area (Å²) in [5, 5.41) is 23.4. The third kappa shape index (κ3) is 5.67. The number of non-ortho nitro benzene ring substituents is 1. The highest BCUT2D eigenvalue weighted by atomic mass is 35.5. The molecule has 9 nitrogen and oxygen atoms in total. The van der Waals surface area contributed by atoms with E-state index in [0.717, 1.165) is 16.7 Å². The van der Waals surface area contributed by atoms with Crippen LogP contribution in [-0.4, -0.2) is 25.6 Å². The standard InChI is InChI=1S/C28H25ClN6O3S/c1-16-7-12-23(17(2)13-16)31-26(36)24-18(3)30-27-32-28(39-15-19-5-4-6-21(29)14-19)33-34(27)25(24)20-8-10-22(11-9-20)35(37)38/h4-14,25H,15H2,1-3H3,(H,31,36)(H,30,32,33). The Hall–Kier alpha value is -4.15. The molecule has 5 rings (SSSR count). The third-order valence-corrected chi connectivity index (χ3v) is 7.53. The summed E-state index contributed by atoms with van der Waals surface area (Å²) < 4.78 is 1.66. The van der Waals surface area contributed by atoms with E-state index >= 15 is 0 Å². The van der Waals surface area contributed by atoms with Gasteiger partial charge in [-0.1, -0.05) is 53.2 Å². The molecule has 0 fully saturated rings. The van der Waals surface area contributed by atoms with Crippen LogP contribution in [0, 0.1) is 24.0 Å². The SMILES string of the molecule is CC1=C(C(=O)Nc2ccc(C)cc2C)C(c2ccc([N+](=O)[O-])cc2)n2nc(SCc3cccc(Cl)c3)nc2N1. The summed E-state index contributed by atoms with van der Waals surface area (Å²) in [6.07, 6.45) is 0. The maximum absolute atomic E-state index is 13.7. The fourth-order valence-corrected chi connectivity index (χ4v) is 5.48. The van der Waals surface area contributed by atoms with Gasteiger partial charge in [0.1, 0.15) is 6.04 Å². The minimum absolute atomic E-state index is 0.0359. The normalized spacial score (nSPS) is 14.5. The predicted octanol–water partition coefficient (Wildman–Crippen LogP) is 6.68. The fraction of sp³-hybridized carbons (Fsp3) is 0.179. The zero-order valence-electron chi connectivity index (χ0n) is 21.4. The van der Waals surface area contributed by atoms with E-state index in [2.05, 4.69) is 15.6 Å². The van der Waals surface area contributed by atoms with Gasteiger partial charge in [0.2, 0.25) is 11.1 Å². The Kier molecular flexibility index (Phi) is 7.40. The summed E-state index contributed by atoms with van der Waals surface area (Å²) in [4.78, 5) is 29.2. The molecule has 11 heteroatoms. The number of nitrogens with one attached hydrogen (secondary N) is 2. The van der Waals surface area contributed by atoms with Crippen molar-refractivity contribution in [3.05, 3.63) is 115 Å². The minimum atomic E-state index is -0.652. The van der Waals surface area contributed by atoms with Crippen molar-refractivity contribution in [1.29, 1.82) is 0 Å². The molecular formula is C28H25ClN6O3S.